The number of aromatic nitrogens is 4. The summed E-state index contributed by atoms with van der Waals surface area (Å²) < 4.78 is 0. The average Bonchev–Trinajstić information content (AvgIpc) is 2.90. The molecule has 7 nitrogen and oxygen atoms in total. The number of tetrazole rings is 1. The number of nitrogens with two attached hydrogens (primary N) is 1. The van der Waals surface area contributed by atoms with Gasteiger partial charge in [0.05, 0.1) is 6.04 Å². The first-order chi connectivity index (χ1) is 9.15. The van der Waals surface area contributed by atoms with Gasteiger partial charge in [0, 0.05) is 11.8 Å². The van der Waals surface area contributed by atoms with Crippen molar-refractivity contribution in [1.29, 1.82) is 0 Å². The molecule has 0 bridgehead atoms. The third-order valence-corrected chi connectivity index (χ3v) is 2.45. The van der Waals surface area contributed by atoms with Crippen molar-refractivity contribution in [3.8, 4) is 0 Å². The van der Waals surface area contributed by atoms with E-state index < -0.39 is 0 Å². The number of nitrogens with one attached hydrogen (secondary N) is 2. The smallest absolute Gasteiger partial charge is 0.244 e. The minimum atomic E-state index is -0.309. The van der Waals surface area contributed by atoms with Gasteiger partial charge >= 0.3 is 0 Å². The molecule has 0 aliphatic rings. The van der Waals surface area contributed by atoms with Gasteiger partial charge in [-0.15, -0.1) is 10.2 Å². The molecule has 2 rings (SSSR count). The van der Waals surface area contributed by atoms with Gasteiger partial charge in [0.2, 0.25) is 5.91 Å². The van der Waals surface area contributed by atoms with Crippen LogP contribution in [0.15, 0.2) is 30.3 Å². The second kappa shape index (κ2) is 5.76. The quantitative estimate of drug-likeness (QED) is 0.551. The van der Waals surface area contributed by atoms with Crippen molar-refractivity contribution in [3.05, 3.63) is 41.7 Å². The van der Waals surface area contributed by atoms with E-state index >= 15 is 0 Å². The van der Waals surface area contributed by atoms with Crippen LogP contribution in [-0.2, 0) is 4.79 Å². The molecule has 1 unspecified atom stereocenters. The first-order valence-corrected chi connectivity index (χ1v) is 5.72. The summed E-state index contributed by atoms with van der Waals surface area (Å²) >= 11 is 0. The maximum Gasteiger partial charge on any atom is 0.244 e. The van der Waals surface area contributed by atoms with Gasteiger partial charge in [0.15, 0.2) is 5.82 Å². The van der Waals surface area contributed by atoms with Crippen molar-refractivity contribution < 1.29 is 4.79 Å². The fourth-order valence-electron chi connectivity index (χ4n) is 1.51. The SMILES string of the molecule is CC(NC(=O)/C=C/c1cccc(N)c1)c1nn[nH]n1. The minimum absolute atomic E-state index is 0.236. The molecular weight excluding hydrogens is 244 g/mol. The predicted molar refractivity (Wildman–Crippen MR) is 70.6 cm³/mol. The molecule has 1 atom stereocenters. The fourth-order valence-corrected chi connectivity index (χ4v) is 1.51. The molecule has 1 aromatic carbocycles. The average molecular weight is 258 g/mol. The highest BCUT2D eigenvalue weighted by Crippen LogP contribution is 2.08. The number of hydrogen-bond acceptors (Lipinski definition) is 5. The van der Waals surface area contributed by atoms with Gasteiger partial charge in [-0.05, 0) is 30.7 Å². The topological polar surface area (TPSA) is 110 Å². The van der Waals surface area contributed by atoms with Crippen LogP contribution in [-0.4, -0.2) is 26.5 Å². The van der Waals surface area contributed by atoms with Crippen LogP contribution >= 0.6 is 0 Å². The van der Waals surface area contributed by atoms with Crippen LogP contribution < -0.4 is 11.1 Å². The summed E-state index contributed by atoms with van der Waals surface area (Å²) in [5.74, 6) is 0.199. The van der Waals surface area contributed by atoms with Gasteiger partial charge < -0.3 is 11.1 Å². The number of rotatable bonds is 4. The Bertz CT molecular complexity index is 578. The minimum Gasteiger partial charge on any atom is -0.399 e. The van der Waals surface area contributed by atoms with Crippen LogP contribution in [0.5, 0.6) is 0 Å². The van der Waals surface area contributed by atoms with Gasteiger partial charge in [-0.2, -0.15) is 5.21 Å². The Morgan fingerprint density at radius 3 is 3.05 bits per heavy atom. The molecule has 0 saturated carbocycles. The van der Waals surface area contributed by atoms with E-state index in [1.807, 2.05) is 12.1 Å². The van der Waals surface area contributed by atoms with E-state index in [2.05, 4.69) is 25.9 Å². The second-order valence-corrected chi connectivity index (χ2v) is 4.00. The van der Waals surface area contributed by atoms with Crippen molar-refractivity contribution in [2.75, 3.05) is 5.73 Å². The number of nitrogen functional groups attached to an aromatic ring is 1. The molecule has 1 aromatic heterocycles. The zero-order valence-corrected chi connectivity index (χ0v) is 10.4. The molecule has 0 spiro atoms. The number of anilines is 1. The van der Waals surface area contributed by atoms with Crippen molar-refractivity contribution in [1.82, 2.24) is 25.9 Å². The molecule has 4 N–H and O–H groups in total. The summed E-state index contributed by atoms with van der Waals surface area (Å²) in [6, 6.07) is 6.96. The number of carbonyl (C=O) groups is 1. The standard InChI is InChI=1S/C12H14N6O/c1-8(12-15-17-18-16-12)14-11(19)6-5-9-3-2-4-10(13)7-9/h2-8H,13H2,1H3,(H,14,19)(H,15,16,17,18)/b6-5+. The highest BCUT2D eigenvalue weighted by atomic mass is 16.1. The third-order valence-electron chi connectivity index (χ3n) is 2.45. The Labute approximate surface area is 109 Å². The summed E-state index contributed by atoms with van der Waals surface area (Å²) in [7, 11) is 0. The Kier molecular flexibility index (Phi) is 3.87. The van der Waals surface area contributed by atoms with E-state index in [0.29, 0.717) is 11.5 Å². The second-order valence-electron chi connectivity index (χ2n) is 4.00. The molecule has 2 aromatic rings. The van der Waals surface area contributed by atoms with Crippen LogP contribution in [0.25, 0.3) is 6.08 Å². The van der Waals surface area contributed by atoms with Gasteiger partial charge in [-0.25, -0.2) is 0 Å². The fraction of sp³-hybridized carbons (Fsp3) is 0.167. The first-order valence-electron chi connectivity index (χ1n) is 5.72. The van der Waals surface area contributed by atoms with Gasteiger partial charge in [-0.3, -0.25) is 4.79 Å². The van der Waals surface area contributed by atoms with E-state index in [0.717, 1.165) is 5.56 Å². The summed E-state index contributed by atoms with van der Waals surface area (Å²) in [5, 5.41) is 16.1. The molecule has 0 radical (unpaired) electrons. The van der Waals surface area contributed by atoms with Crippen LogP contribution in [0.3, 0.4) is 0 Å². The van der Waals surface area contributed by atoms with E-state index in [1.54, 1.807) is 25.1 Å². The van der Waals surface area contributed by atoms with Crippen molar-refractivity contribution >= 4 is 17.7 Å². The zero-order chi connectivity index (χ0) is 13.7. The van der Waals surface area contributed by atoms with Crippen molar-refractivity contribution in [2.24, 2.45) is 0 Å². The Morgan fingerprint density at radius 2 is 2.37 bits per heavy atom. The molecular formula is C12H14N6O. The molecule has 0 saturated heterocycles. The number of carbonyl (C=O) groups excluding carboxylic acids is 1. The number of aromatic amines is 1. The summed E-state index contributed by atoms with van der Waals surface area (Å²) in [6.07, 6.45) is 3.12. The number of amides is 1. The highest BCUT2D eigenvalue weighted by Gasteiger charge is 2.11. The Hall–Kier alpha value is -2.70. The lowest BCUT2D eigenvalue weighted by molar-refractivity contribution is -0.117. The van der Waals surface area contributed by atoms with Crippen LogP contribution in [0.2, 0.25) is 0 Å². The van der Waals surface area contributed by atoms with Crippen LogP contribution in [0.1, 0.15) is 24.4 Å². The predicted octanol–water partition coefficient (Wildman–Crippen LogP) is 0.672. The zero-order valence-electron chi connectivity index (χ0n) is 10.4. The summed E-state index contributed by atoms with van der Waals surface area (Å²) in [4.78, 5) is 11.7. The number of nitrogens with zero attached hydrogens (tertiary/aromatic N) is 3. The lowest BCUT2D eigenvalue weighted by atomic mass is 10.2. The monoisotopic (exact) mass is 258 g/mol. The van der Waals surface area contributed by atoms with E-state index in [9.17, 15) is 4.79 Å². The normalized spacial score (nSPS) is 12.5. The summed E-state index contributed by atoms with van der Waals surface area (Å²) in [6.45, 7) is 1.77. The summed E-state index contributed by atoms with van der Waals surface area (Å²) in [5.41, 5.74) is 7.17. The molecule has 0 fully saturated rings. The number of H-pyrrole nitrogens is 1. The van der Waals surface area contributed by atoms with E-state index in [4.69, 9.17) is 5.73 Å². The number of hydrogen-bond donors (Lipinski definition) is 3. The maximum absolute atomic E-state index is 11.7. The molecule has 7 heteroatoms. The van der Waals surface area contributed by atoms with Gasteiger partial charge in [0.25, 0.3) is 0 Å². The first kappa shape index (κ1) is 12.7. The molecule has 1 heterocycles. The molecule has 1 amide bonds. The highest BCUT2D eigenvalue weighted by molar-refractivity contribution is 5.92. The maximum atomic E-state index is 11.7. The van der Waals surface area contributed by atoms with Crippen LogP contribution in [0.4, 0.5) is 5.69 Å². The molecule has 0 aliphatic heterocycles. The molecule has 19 heavy (non-hydrogen) atoms. The van der Waals surface area contributed by atoms with Crippen molar-refractivity contribution in [3.63, 3.8) is 0 Å². The third kappa shape index (κ3) is 3.63. The van der Waals surface area contributed by atoms with E-state index in [-0.39, 0.29) is 11.9 Å². The number of benzene rings is 1. The Morgan fingerprint density at radius 1 is 1.53 bits per heavy atom. The van der Waals surface area contributed by atoms with E-state index in [1.165, 1.54) is 6.08 Å². The molecule has 0 aliphatic carbocycles. The van der Waals surface area contributed by atoms with Crippen LogP contribution in [0, 0.1) is 0 Å². The largest absolute Gasteiger partial charge is 0.399 e. The lowest BCUT2D eigenvalue weighted by Crippen LogP contribution is -2.25. The Balaban J connectivity index is 1.94. The molecule has 98 valence electrons. The van der Waals surface area contributed by atoms with Crippen molar-refractivity contribution in [2.45, 2.75) is 13.0 Å². The lowest BCUT2D eigenvalue weighted by Gasteiger charge is -2.06. The van der Waals surface area contributed by atoms with Gasteiger partial charge in [-0.1, -0.05) is 17.3 Å². The van der Waals surface area contributed by atoms with Gasteiger partial charge in [0.1, 0.15) is 0 Å².